The Bertz CT molecular complexity index is 241. The molecule has 1 rings (SSSR count). The normalized spacial score (nSPS) is 18.9. The van der Waals surface area contributed by atoms with Crippen LogP contribution in [0, 0.1) is 0 Å². The Hall–Kier alpha value is -0.160. The van der Waals surface area contributed by atoms with Crippen LogP contribution in [0.2, 0.25) is 0 Å². The van der Waals surface area contributed by atoms with Crippen LogP contribution in [0.1, 0.15) is 58.3 Å². The highest BCUT2D eigenvalue weighted by Crippen LogP contribution is 2.32. The first-order chi connectivity index (χ1) is 10.3. The second-order valence-electron chi connectivity index (χ2n) is 6.29. The Kier molecular flexibility index (Phi) is 10.3. The molecule has 0 aromatic carbocycles. The van der Waals surface area contributed by atoms with E-state index in [1.54, 1.807) is 7.11 Å². The van der Waals surface area contributed by atoms with Crippen molar-refractivity contribution in [3.63, 3.8) is 0 Å². The van der Waals surface area contributed by atoms with Gasteiger partial charge in [-0.15, -0.1) is 0 Å². The number of nitrogens with zero attached hydrogens (tertiary/aromatic N) is 1. The van der Waals surface area contributed by atoms with Gasteiger partial charge >= 0.3 is 0 Å². The lowest BCUT2D eigenvalue weighted by atomic mass is 9.87. The topological polar surface area (TPSA) is 47.7 Å². The third-order valence-corrected chi connectivity index (χ3v) is 4.73. The van der Waals surface area contributed by atoms with Crippen LogP contribution in [0.25, 0.3) is 0 Å². The van der Waals surface area contributed by atoms with Gasteiger partial charge in [-0.2, -0.15) is 0 Å². The predicted molar refractivity (Wildman–Crippen MR) is 88.7 cm³/mol. The molecule has 0 heterocycles. The Balaban J connectivity index is 2.44. The lowest BCUT2D eigenvalue weighted by Crippen LogP contribution is -2.54. The summed E-state index contributed by atoms with van der Waals surface area (Å²) in [5.74, 6) is 0. The summed E-state index contributed by atoms with van der Waals surface area (Å²) in [6.07, 6.45) is 10.3. The quantitative estimate of drug-likeness (QED) is 0.471. The standard InChI is InChI=1S/C17H36N2O2/c1-3-11-19(12-8-13-21-15-14-20-2)17(16-18)9-6-4-5-7-10-17/h3-16,18H2,1-2H3. The maximum Gasteiger partial charge on any atom is 0.0700 e. The van der Waals surface area contributed by atoms with Crippen molar-refractivity contribution >= 4 is 0 Å². The van der Waals surface area contributed by atoms with Gasteiger partial charge in [-0.05, 0) is 32.2 Å². The Morgan fingerprint density at radius 2 is 1.71 bits per heavy atom. The molecule has 0 aliphatic heterocycles. The molecular weight excluding hydrogens is 264 g/mol. The SMILES string of the molecule is CCCN(CCCOCCOC)C1(CN)CCCCCC1. The molecule has 1 aliphatic carbocycles. The molecule has 0 aromatic rings. The van der Waals surface area contributed by atoms with E-state index < -0.39 is 0 Å². The van der Waals surface area contributed by atoms with Crippen molar-refractivity contribution in [2.45, 2.75) is 63.8 Å². The van der Waals surface area contributed by atoms with Gasteiger partial charge in [-0.3, -0.25) is 4.90 Å². The molecule has 0 bridgehead atoms. The van der Waals surface area contributed by atoms with E-state index in [0.717, 1.165) is 32.7 Å². The van der Waals surface area contributed by atoms with E-state index in [4.69, 9.17) is 15.2 Å². The molecule has 0 unspecified atom stereocenters. The van der Waals surface area contributed by atoms with Crippen molar-refractivity contribution in [1.29, 1.82) is 0 Å². The molecule has 2 N–H and O–H groups in total. The molecule has 1 fully saturated rings. The Morgan fingerprint density at radius 1 is 1.00 bits per heavy atom. The van der Waals surface area contributed by atoms with Crippen LogP contribution in [-0.4, -0.2) is 57.0 Å². The molecule has 0 spiro atoms. The minimum absolute atomic E-state index is 0.249. The highest BCUT2D eigenvalue weighted by molar-refractivity contribution is 4.93. The molecular formula is C17H36N2O2. The lowest BCUT2D eigenvalue weighted by molar-refractivity contribution is 0.0440. The number of nitrogens with two attached hydrogens (primary N) is 1. The highest BCUT2D eigenvalue weighted by Gasteiger charge is 2.34. The number of hydrogen-bond acceptors (Lipinski definition) is 4. The summed E-state index contributed by atoms with van der Waals surface area (Å²) >= 11 is 0. The molecule has 4 nitrogen and oxygen atoms in total. The average Bonchev–Trinajstić information content (AvgIpc) is 2.76. The average molecular weight is 300 g/mol. The fourth-order valence-corrected chi connectivity index (χ4v) is 3.49. The van der Waals surface area contributed by atoms with E-state index >= 15 is 0 Å². The van der Waals surface area contributed by atoms with Crippen LogP contribution in [-0.2, 0) is 9.47 Å². The number of hydrogen-bond donors (Lipinski definition) is 1. The molecule has 126 valence electrons. The van der Waals surface area contributed by atoms with Crippen LogP contribution >= 0.6 is 0 Å². The van der Waals surface area contributed by atoms with Crippen LogP contribution in [0.15, 0.2) is 0 Å². The summed E-state index contributed by atoms with van der Waals surface area (Å²) in [6, 6.07) is 0. The Morgan fingerprint density at radius 3 is 2.29 bits per heavy atom. The molecule has 4 heteroatoms. The van der Waals surface area contributed by atoms with Gasteiger partial charge in [0.05, 0.1) is 13.2 Å². The number of rotatable bonds is 11. The molecule has 21 heavy (non-hydrogen) atoms. The van der Waals surface area contributed by atoms with E-state index in [9.17, 15) is 0 Å². The van der Waals surface area contributed by atoms with Gasteiger partial charge in [0.25, 0.3) is 0 Å². The first-order valence-electron chi connectivity index (χ1n) is 8.81. The molecule has 0 radical (unpaired) electrons. The summed E-state index contributed by atoms with van der Waals surface area (Å²) < 4.78 is 10.6. The first-order valence-corrected chi connectivity index (χ1v) is 8.81. The summed E-state index contributed by atoms with van der Waals surface area (Å²) in [5.41, 5.74) is 6.47. The van der Waals surface area contributed by atoms with Gasteiger partial charge < -0.3 is 15.2 Å². The van der Waals surface area contributed by atoms with Crippen molar-refractivity contribution in [2.24, 2.45) is 5.73 Å². The van der Waals surface area contributed by atoms with Crippen molar-refractivity contribution in [1.82, 2.24) is 4.90 Å². The fourth-order valence-electron chi connectivity index (χ4n) is 3.49. The smallest absolute Gasteiger partial charge is 0.0700 e. The van der Waals surface area contributed by atoms with Crippen molar-refractivity contribution < 1.29 is 9.47 Å². The van der Waals surface area contributed by atoms with Crippen LogP contribution < -0.4 is 5.73 Å². The molecule has 0 amide bonds. The zero-order valence-electron chi connectivity index (χ0n) is 14.2. The van der Waals surface area contributed by atoms with Gasteiger partial charge in [-0.1, -0.05) is 32.6 Å². The summed E-state index contributed by atoms with van der Waals surface area (Å²) in [4.78, 5) is 2.66. The van der Waals surface area contributed by atoms with Gasteiger partial charge in [0, 0.05) is 32.3 Å². The van der Waals surface area contributed by atoms with E-state index in [-0.39, 0.29) is 5.54 Å². The Labute approximate surface area is 131 Å². The number of methoxy groups -OCH3 is 1. The summed E-state index contributed by atoms with van der Waals surface area (Å²) in [7, 11) is 1.71. The molecule has 1 aliphatic rings. The molecule has 1 saturated carbocycles. The van der Waals surface area contributed by atoms with Gasteiger partial charge in [0.2, 0.25) is 0 Å². The summed E-state index contributed by atoms with van der Waals surface area (Å²) in [6.45, 7) is 7.55. The first kappa shape index (κ1) is 18.9. The van der Waals surface area contributed by atoms with E-state index in [0.29, 0.717) is 13.2 Å². The zero-order chi connectivity index (χ0) is 15.4. The van der Waals surface area contributed by atoms with Crippen LogP contribution in [0.5, 0.6) is 0 Å². The monoisotopic (exact) mass is 300 g/mol. The van der Waals surface area contributed by atoms with Crippen molar-refractivity contribution in [2.75, 3.05) is 46.6 Å². The lowest BCUT2D eigenvalue weighted by Gasteiger charge is -2.43. The van der Waals surface area contributed by atoms with Crippen LogP contribution in [0.3, 0.4) is 0 Å². The second-order valence-corrected chi connectivity index (χ2v) is 6.29. The van der Waals surface area contributed by atoms with Gasteiger partial charge in [0.1, 0.15) is 0 Å². The van der Waals surface area contributed by atoms with Gasteiger partial charge in [-0.25, -0.2) is 0 Å². The third kappa shape index (κ3) is 6.64. The fraction of sp³-hybridized carbons (Fsp3) is 1.00. The molecule has 0 atom stereocenters. The maximum absolute atomic E-state index is 6.22. The minimum atomic E-state index is 0.249. The largest absolute Gasteiger partial charge is 0.382 e. The predicted octanol–water partition coefficient (Wildman–Crippen LogP) is 2.80. The van der Waals surface area contributed by atoms with Gasteiger partial charge in [0.15, 0.2) is 0 Å². The second kappa shape index (κ2) is 11.4. The maximum atomic E-state index is 6.22. The van der Waals surface area contributed by atoms with E-state index in [1.807, 2.05) is 0 Å². The van der Waals surface area contributed by atoms with Crippen molar-refractivity contribution in [3.05, 3.63) is 0 Å². The van der Waals surface area contributed by atoms with E-state index in [1.165, 1.54) is 44.9 Å². The van der Waals surface area contributed by atoms with E-state index in [2.05, 4.69) is 11.8 Å². The number of ether oxygens (including phenoxy) is 2. The highest BCUT2D eigenvalue weighted by atomic mass is 16.5. The summed E-state index contributed by atoms with van der Waals surface area (Å²) in [5, 5.41) is 0. The van der Waals surface area contributed by atoms with Crippen molar-refractivity contribution in [3.8, 4) is 0 Å². The minimum Gasteiger partial charge on any atom is -0.382 e. The molecule has 0 aromatic heterocycles. The zero-order valence-corrected chi connectivity index (χ0v) is 14.2. The third-order valence-electron chi connectivity index (χ3n) is 4.73. The molecule has 0 saturated heterocycles. The van der Waals surface area contributed by atoms with Crippen LogP contribution in [0.4, 0.5) is 0 Å².